The highest BCUT2D eigenvalue weighted by Gasteiger charge is 2.11. The normalized spacial score (nSPS) is 10.6. The van der Waals surface area contributed by atoms with Crippen molar-refractivity contribution in [2.75, 3.05) is 14.2 Å². The zero-order valence-electron chi connectivity index (χ0n) is 11.0. The molecule has 0 amide bonds. The molecule has 3 heteroatoms. The smallest absolute Gasteiger partial charge is 0.201 e. The average Bonchev–Trinajstić information content (AvgIpc) is 2.46. The Balaban J connectivity index is 2.35. The number of benzene rings is 2. The molecule has 0 heterocycles. The third-order valence-electron chi connectivity index (χ3n) is 2.80. The molecule has 0 aliphatic heterocycles. The lowest BCUT2D eigenvalue weighted by Gasteiger charge is -2.10. The van der Waals surface area contributed by atoms with E-state index in [4.69, 9.17) is 9.47 Å². The molecule has 2 aromatic rings. The zero-order chi connectivity index (χ0) is 13.7. The van der Waals surface area contributed by atoms with Crippen molar-refractivity contribution in [3.05, 3.63) is 53.6 Å². The second-order valence-electron chi connectivity index (χ2n) is 3.98. The van der Waals surface area contributed by atoms with E-state index < -0.39 is 0 Å². The van der Waals surface area contributed by atoms with E-state index in [1.165, 1.54) is 14.2 Å². The van der Waals surface area contributed by atoms with Gasteiger partial charge in [0, 0.05) is 5.56 Å². The summed E-state index contributed by atoms with van der Waals surface area (Å²) in [7, 11) is 3.03. The van der Waals surface area contributed by atoms with Gasteiger partial charge in [0.15, 0.2) is 11.5 Å². The molecule has 0 bridgehead atoms. The van der Waals surface area contributed by atoms with Gasteiger partial charge < -0.3 is 14.6 Å². The van der Waals surface area contributed by atoms with Gasteiger partial charge in [-0.05, 0) is 17.7 Å². The van der Waals surface area contributed by atoms with Crippen LogP contribution in [0.2, 0.25) is 0 Å². The monoisotopic (exact) mass is 256 g/mol. The topological polar surface area (TPSA) is 38.7 Å². The van der Waals surface area contributed by atoms with Crippen LogP contribution in [0.4, 0.5) is 0 Å². The van der Waals surface area contributed by atoms with Crippen molar-refractivity contribution in [1.29, 1.82) is 0 Å². The Morgan fingerprint density at radius 2 is 1.63 bits per heavy atom. The maximum Gasteiger partial charge on any atom is 0.201 e. The molecule has 0 unspecified atom stereocenters. The third kappa shape index (κ3) is 2.88. The van der Waals surface area contributed by atoms with Gasteiger partial charge in [0.05, 0.1) is 14.2 Å². The Morgan fingerprint density at radius 3 is 2.26 bits per heavy atom. The standard InChI is InChI=1S/C16H16O3/c1-18-14-11-10-13(16(19-2)15(14)17)9-8-12-6-4-3-5-7-12/h3-11,17H,1-2H3. The van der Waals surface area contributed by atoms with E-state index in [1.54, 1.807) is 6.07 Å². The highest BCUT2D eigenvalue weighted by Crippen LogP contribution is 2.39. The van der Waals surface area contributed by atoms with E-state index in [1.807, 2.05) is 48.6 Å². The number of aromatic hydroxyl groups is 1. The number of hydrogen-bond acceptors (Lipinski definition) is 3. The summed E-state index contributed by atoms with van der Waals surface area (Å²) in [6.07, 6.45) is 3.86. The number of phenols is 1. The first-order valence-electron chi connectivity index (χ1n) is 5.93. The van der Waals surface area contributed by atoms with Crippen LogP contribution in [-0.2, 0) is 0 Å². The molecule has 0 spiro atoms. The maximum atomic E-state index is 9.98. The lowest BCUT2D eigenvalue weighted by molar-refractivity contribution is 0.339. The molecular formula is C16H16O3. The fraction of sp³-hybridized carbons (Fsp3) is 0.125. The Labute approximate surface area is 112 Å². The second-order valence-corrected chi connectivity index (χ2v) is 3.98. The van der Waals surface area contributed by atoms with Crippen molar-refractivity contribution in [3.63, 3.8) is 0 Å². The van der Waals surface area contributed by atoms with Crippen LogP contribution >= 0.6 is 0 Å². The van der Waals surface area contributed by atoms with Gasteiger partial charge in [0.1, 0.15) is 0 Å². The number of ether oxygens (including phenoxy) is 2. The Hall–Kier alpha value is -2.42. The van der Waals surface area contributed by atoms with Crippen LogP contribution in [0.5, 0.6) is 17.2 Å². The van der Waals surface area contributed by atoms with Crippen LogP contribution < -0.4 is 9.47 Å². The van der Waals surface area contributed by atoms with Crippen LogP contribution in [0.15, 0.2) is 42.5 Å². The van der Waals surface area contributed by atoms with Gasteiger partial charge in [-0.3, -0.25) is 0 Å². The van der Waals surface area contributed by atoms with Gasteiger partial charge in [0.2, 0.25) is 5.75 Å². The SMILES string of the molecule is COc1ccc(C=Cc2ccccc2)c(OC)c1O. The molecule has 0 saturated carbocycles. The van der Waals surface area contributed by atoms with Crippen molar-refractivity contribution in [3.8, 4) is 17.2 Å². The Kier molecular flexibility index (Phi) is 4.08. The molecule has 0 aliphatic carbocycles. The van der Waals surface area contributed by atoms with Gasteiger partial charge >= 0.3 is 0 Å². The summed E-state index contributed by atoms with van der Waals surface area (Å²) in [5.41, 5.74) is 1.88. The van der Waals surface area contributed by atoms with Gasteiger partial charge in [-0.15, -0.1) is 0 Å². The largest absolute Gasteiger partial charge is 0.502 e. The summed E-state index contributed by atoms with van der Waals surface area (Å²) in [6.45, 7) is 0. The minimum atomic E-state index is 0.0141. The van der Waals surface area contributed by atoms with E-state index in [-0.39, 0.29) is 5.75 Å². The molecule has 3 nitrogen and oxygen atoms in total. The predicted molar refractivity (Wildman–Crippen MR) is 76.6 cm³/mol. The van der Waals surface area contributed by atoms with Gasteiger partial charge in [-0.1, -0.05) is 42.5 Å². The third-order valence-corrected chi connectivity index (χ3v) is 2.80. The summed E-state index contributed by atoms with van der Waals surface area (Å²) < 4.78 is 10.3. The second kappa shape index (κ2) is 5.96. The van der Waals surface area contributed by atoms with Crippen LogP contribution in [0.1, 0.15) is 11.1 Å². The highest BCUT2D eigenvalue weighted by atomic mass is 16.5. The lowest BCUT2D eigenvalue weighted by Crippen LogP contribution is -1.91. The first-order chi connectivity index (χ1) is 9.26. The Morgan fingerprint density at radius 1 is 0.895 bits per heavy atom. The van der Waals surface area contributed by atoms with E-state index >= 15 is 0 Å². The van der Waals surface area contributed by atoms with Crippen molar-refractivity contribution in [1.82, 2.24) is 0 Å². The molecule has 2 aromatic carbocycles. The summed E-state index contributed by atoms with van der Waals surface area (Å²) in [6, 6.07) is 13.5. The molecule has 1 N–H and O–H groups in total. The number of phenolic OH excluding ortho intramolecular Hbond substituents is 1. The molecule has 0 atom stereocenters. The van der Waals surface area contributed by atoms with E-state index in [0.29, 0.717) is 11.5 Å². The van der Waals surface area contributed by atoms with Crippen LogP contribution in [0, 0.1) is 0 Å². The lowest BCUT2D eigenvalue weighted by atomic mass is 10.1. The summed E-state index contributed by atoms with van der Waals surface area (Å²) in [5.74, 6) is 0.820. The van der Waals surface area contributed by atoms with Crippen molar-refractivity contribution < 1.29 is 14.6 Å². The average molecular weight is 256 g/mol. The molecule has 98 valence electrons. The summed E-state index contributed by atoms with van der Waals surface area (Å²) in [4.78, 5) is 0. The van der Waals surface area contributed by atoms with Crippen LogP contribution in [0.3, 0.4) is 0 Å². The van der Waals surface area contributed by atoms with Gasteiger partial charge in [-0.25, -0.2) is 0 Å². The van der Waals surface area contributed by atoms with Crippen molar-refractivity contribution in [2.45, 2.75) is 0 Å². The van der Waals surface area contributed by atoms with Crippen molar-refractivity contribution >= 4 is 12.2 Å². The quantitative estimate of drug-likeness (QED) is 0.850. The molecule has 0 fully saturated rings. The maximum absolute atomic E-state index is 9.98. The van der Waals surface area contributed by atoms with E-state index in [2.05, 4.69) is 0 Å². The summed E-state index contributed by atoms with van der Waals surface area (Å²) in [5, 5.41) is 9.98. The molecule has 0 aliphatic rings. The Bertz CT molecular complexity index is 574. The van der Waals surface area contributed by atoms with Crippen LogP contribution in [0.25, 0.3) is 12.2 Å². The first-order valence-corrected chi connectivity index (χ1v) is 5.93. The number of hydrogen-bond donors (Lipinski definition) is 1. The van der Waals surface area contributed by atoms with E-state index in [9.17, 15) is 5.11 Å². The highest BCUT2D eigenvalue weighted by molar-refractivity contribution is 5.75. The molecule has 2 rings (SSSR count). The molecule has 19 heavy (non-hydrogen) atoms. The van der Waals surface area contributed by atoms with Crippen molar-refractivity contribution in [2.24, 2.45) is 0 Å². The molecule has 0 saturated heterocycles. The van der Waals surface area contributed by atoms with Crippen LogP contribution in [-0.4, -0.2) is 19.3 Å². The molecular weight excluding hydrogens is 240 g/mol. The first kappa shape index (κ1) is 13.0. The minimum absolute atomic E-state index is 0.0141. The summed E-state index contributed by atoms with van der Waals surface area (Å²) >= 11 is 0. The molecule has 0 radical (unpaired) electrons. The number of rotatable bonds is 4. The fourth-order valence-electron chi connectivity index (χ4n) is 1.83. The van der Waals surface area contributed by atoms with Gasteiger partial charge in [0.25, 0.3) is 0 Å². The minimum Gasteiger partial charge on any atom is -0.502 e. The fourth-order valence-corrected chi connectivity index (χ4v) is 1.83. The predicted octanol–water partition coefficient (Wildman–Crippen LogP) is 3.58. The van der Waals surface area contributed by atoms with Gasteiger partial charge in [-0.2, -0.15) is 0 Å². The van der Waals surface area contributed by atoms with E-state index in [0.717, 1.165) is 11.1 Å². The molecule has 0 aromatic heterocycles. The number of methoxy groups -OCH3 is 2. The zero-order valence-corrected chi connectivity index (χ0v) is 11.0.